The van der Waals surface area contributed by atoms with E-state index in [-0.39, 0.29) is 6.61 Å². The lowest BCUT2D eigenvalue weighted by molar-refractivity contribution is 0.343. The van der Waals surface area contributed by atoms with Crippen molar-refractivity contribution in [3.63, 3.8) is 0 Å². The van der Waals surface area contributed by atoms with Crippen LogP contribution in [-0.2, 0) is 0 Å². The third kappa shape index (κ3) is 1.94. The van der Waals surface area contributed by atoms with Gasteiger partial charge in [-0.05, 0) is 33.5 Å². The summed E-state index contributed by atoms with van der Waals surface area (Å²) in [4.78, 5) is 1.15. The third-order valence-corrected chi connectivity index (χ3v) is 2.86. The molecule has 0 aliphatic rings. The summed E-state index contributed by atoms with van der Waals surface area (Å²) in [5, 5.41) is 10.5. The van der Waals surface area contributed by atoms with Crippen LogP contribution in [0.15, 0.2) is 22.0 Å². The van der Waals surface area contributed by atoms with Crippen LogP contribution in [0.25, 0.3) is 6.08 Å². The highest BCUT2D eigenvalue weighted by atomic mass is 79.9. The Balaban J connectivity index is 2.74. The maximum Gasteiger partial charge on any atom is 0.0615 e. The molecule has 54 valence electrons. The van der Waals surface area contributed by atoms with E-state index in [1.165, 1.54) is 0 Å². The average molecular weight is 219 g/mol. The van der Waals surface area contributed by atoms with Crippen LogP contribution >= 0.6 is 27.3 Å². The fraction of sp³-hybridized carbons (Fsp3) is 0.143. The van der Waals surface area contributed by atoms with E-state index in [1.54, 1.807) is 17.4 Å². The topological polar surface area (TPSA) is 20.2 Å². The van der Waals surface area contributed by atoms with Crippen molar-refractivity contribution in [2.75, 3.05) is 6.61 Å². The second-order valence-electron chi connectivity index (χ2n) is 1.72. The van der Waals surface area contributed by atoms with E-state index >= 15 is 0 Å². The zero-order valence-corrected chi connectivity index (χ0v) is 7.65. The van der Waals surface area contributed by atoms with Gasteiger partial charge in [-0.15, -0.1) is 11.3 Å². The normalized spacial score (nSPS) is 11.0. The summed E-state index contributed by atoms with van der Waals surface area (Å²) in [6, 6.07) is 1.99. The number of rotatable bonds is 2. The van der Waals surface area contributed by atoms with Gasteiger partial charge in [-0.1, -0.05) is 6.08 Å². The number of hydrogen-bond acceptors (Lipinski definition) is 2. The van der Waals surface area contributed by atoms with Crippen molar-refractivity contribution >= 4 is 33.3 Å². The summed E-state index contributed by atoms with van der Waals surface area (Å²) in [7, 11) is 0. The summed E-state index contributed by atoms with van der Waals surface area (Å²) in [5.74, 6) is 0. The van der Waals surface area contributed by atoms with Crippen LogP contribution in [0.1, 0.15) is 4.88 Å². The van der Waals surface area contributed by atoms with Crippen LogP contribution in [-0.4, -0.2) is 11.7 Å². The molecule has 0 atom stereocenters. The first kappa shape index (κ1) is 7.98. The largest absolute Gasteiger partial charge is 0.392 e. The highest BCUT2D eigenvalue weighted by Gasteiger charge is 1.93. The molecular formula is C7H7BrOS. The van der Waals surface area contributed by atoms with Crippen molar-refractivity contribution in [3.05, 3.63) is 26.9 Å². The van der Waals surface area contributed by atoms with Gasteiger partial charge < -0.3 is 5.11 Å². The molecule has 0 saturated heterocycles. The van der Waals surface area contributed by atoms with E-state index in [1.807, 2.05) is 17.5 Å². The van der Waals surface area contributed by atoms with Gasteiger partial charge in [0.2, 0.25) is 0 Å². The van der Waals surface area contributed by atoms with E-state index in [0.717, 1.165) is 9.35 Å². The van der Waals surface area contributed by atoms with Crippen LogP contribution in [0.3, 0.4) is 0 Å². The van der Waals surface area contributed by atoms with E-state index in [0.29, 0.717) is 0 Å². The quantitative estimate of drug-likeness (QED) is 0.810. The molecule has 0 aromatic carbocycles. The molecule has 0 bridgehead atoms. The first-order valence-corrected chi connectivity index (χ1v) is 4.52. The van der Waals surface area contributed by atoms with Crippen LogP contribution in [0.2, 0.25) is 0 Å². The monoisotopic (exact) mass is 218 g/mol. The lowest BCUT2D eigenvalue weighted by Gasteiger charge is -1.84. The molecule has 0 fully saturated rings. The van der Waals surface area contributed by atoms with Gasteiger partial charge in [-0.3, -0.25) is 0 Å². The molecule has 1 rings (SSSR count). The van der Waals surface area contributed by atoms with Gasteiger partial charge in [0.15, 0.2) is 0 Å². The molecule has 0 radical (unpaired) electrons. The Kier molecular flexibility index (Phi) is 3.12. The van der Waals surface area contributed by atoms with Crippen LogP contribution in [0, 0.1) is 0 Å². The molecule has 0 aliphatic heterocycles. The molecule has 1 heterocycles. The first-order valence-electron chi connectivity index (χ1n) is 2.85. The summed E-state index contributed by atoms with van der Waals surface area (Å²) in [6.07, 6.45) is 3.62. The summed E-state index contributed by atoms with van der Waals surface area (Å²) in [6.45, 7) is 0.102. The third-order valence-electron chi connectivity index (χ3n) is 1.02. The van der Waals surface area contributed by atoms with Crippen molar-refractivity contribution in [2.24, 2.45) is 0 Å². The van der Waals surface area contributed by atoms with Gasteiger partial charge in [-0.25, -0.2) is 0 Å². The molecule has 10 heavy (non-hydrogen) atoms. The Morgan fingerprint density at radius 1 is 1.70 bits per heavy atom. The zero-order chi connectivity index (χ0) is 7.40. The minimum Gasteiger partial charge on any atom is -0.392 e. The van der Waals surface area contributed by atoms with Gasteiger partial charge >= 0.3 is 0 Å². The highest BCUT2D eigenvalue weighted by molar-refractivity contribution is 9.10. The number of thiophene rings is 1. The molecule has 1 nitrogen and oxygen atoms in total. The number of aliphatic hydroxyl groups is 1. The molecule has 0 saturated carbocycles. The molecule has 1 aromatic heterocycles. The van der Waals surface area contributed by atoms with Crippen molar-refractivity contribution in [3.8, 4) is 0 Å². The molecular weight excluding hydrogens is 212 g/mol. The van der Waals surface area contributed by atoms with Crippen LogP contribution in [0.5, 0.6) is 0 Å². The first-order chi connectivity index (χ1) is 4.84. The van der Waals surface area contributed by atoms with Crippen LogP contribution in [0.4, 0.5) is 0 Å². The SMILES string of the molecule is OCC=Cc1sccc1Br. The predicted molar refractivity (Wildman–Crippen MR) is 48.1 cm³/mol. The van der Waals surface area contributed by atoms with Gasteiger partial charge in [0, 0.05) is 9.35 Å². The van der Waals surface area contributed by atoms with Crippen molar-refractivity contribution in [2.45, 2.75) is 0 Å². The second kappa shape index (κ2) is 3.91. The van der Waals surface area contributed by atoms with E-state index in [2.05, 4.69) is 15.9 Å². The average Bonchev–Trinajstić information content (AvgIpc) is 2.31. The minimum atomic E-state index is 0.102. The fourth-order valence-corrected chi connectivity index (χ4v) is 2.01. The molecule has 0 amide bonds. The molecule has 1 aromatic rings. The molecule has 0 aliphatic carbocycles. The van der Waals surface area contributed by atoms with Gasteiger partial charge in [0.25, 0.3) is 0 Å². The summed E-state index contributed by atoms with van der Waals surface area (Å²) < 4.78 is 1.09. The van der Waals surface area contributed by atoms with Gasteiger partial charge in [0.05, 0.1) is 6.61 Å². The lowest BCUT2D eigenvalue weighted by Crippen LogP contribution is -1.69. The molecule has 0 spiro atoms. The molecule has 0 unspecified atom stereocenters. The van der Waals surface area contributed by atoms with Crippen LogP contribution < -0.4 is 0 Å². The Morgan fingerprint density at radius 3 is 3.00 bits per heavy atom. The van der Waals surface area contributed by atoms with Gasteiger partial charge in [-0.2, -0.15) is 0 Å². The zero-order valence-electron chi connectivity index (χ0n) is 5.25. The van der Waals surface area contributed by atoms with Crippen molar-refractivity contribution in [1.29, 1.82) is 0 Å². The maximum atomic E-state index is 8.46. The Morgan fingerprint density at radius 2 is 2.50 bits per heavy atom. The minimum absolute atomic E-state index is 0.102. The number of hydrogen-bond donors (Lipinski definition) is 1. The summed E-state index contributed by atoms with van der Waals surface area (Å²) in [5.41, 5.74) is 0. The Labute approximate surface area is 72.1 Å². The lowest BCUT2D eigenvalue weighted by atomic mass is 10.4. The van der Waals surface area contributed by atoms with E-state index < -0.39 is 0 Å². The smallest absolute Gasteiger partial charge is 0.0615 e. The highest BCUT2D eigenvalue weighted by Crippen LogP contribution is 2.23. The maximum absolute atomic E-state index is 8.46. The van der Waals surface area contributed by atoms with Gasteiger partial charge in [0.1, 0.15) is 0 Å². The fourth-order valence-electron chi connectivity index (χ4n) is 0.584. The van der Waals surface area contributed by atoms with E-state index in [4.69, 9.17) is 5.11 Å². The second-order valence-corrected chi connectivity index (χ2v) is 3.52. The van der Waals surface area contributed by atoms with Crippen molar-refractivity contribution < 1.29 is 5.11 Å². The van der Waals surface area contributed by atoms with E-state index in [9.17, 15) is 0 Å². The molecule has 1 N–H and O–H groups in total. The summed E-state index contributed by atoms with van der Waals surface area (Å²) >= 11 is 5.02. The number of aliphatic hydroxyl groups excluding tert-OH is 1. The standard InChI is InChI=1S/C7H7BrOS/c8-6-3-5-10-7(6)2-1-4-9/h1-3,5,9H,4H2. The Bertz CT molecular complexity index is 229. The predicted octanol–water partition coefficient (Wildman–Crippen LogP) is 2.52. The van der Waals surface area contributed by atoms with Crippen molar-refractivity contribution in [1.82, 2.24) is 0 Å². The number of halogens is 1. The molecule has 3 heteroatoms. The Hall–Kier alpha value is -0.120.